The van der Waals surface area contributed by atoms with E-state index in [2.05, 4.69) is 15.9 Å². The highest BCUT2D eigenvalue weighted by Gasteiger charge is 2.35. The summed E-state index contributed by atoms with van der Waals surface area (Å²) in [5, 5.41) is 1.94. The summed E-state index contributed by atoms with van der Waals surface area (Å²) in [7, 11) is 0. The molecule has 0 spiro atoms. The minimum Gasteiger partial charge on any atom is -0.268 e. The number of rotatable bonds is 3. The Kier molecular flexibility index (Phi) is 4.66. The lowest BCUT2D eigenvalue weighted by molar-refractivity contribution is -0.123. The van der Waals surface area contributed by atoms with E-state index < -0.39 is 0 Å². The molecule has 5 heteroatoms. The number of hydrogen-bond acceptors (Lipinski definition) is 3. The van der Waals surface area contributed by atoms with Crippen molar-refractivity contribution >= 4 is 55.7 Å². The summed E-state index contributed by atoms with van der Waals surface area (Å²) in [4.78, 5) is 26.9. The zero-order valence-corrected chi connectivity index (χ0v) is 16.1. The SMILES string of the molecule is O=C1SC(=Cc2cccc3ccccc23)C(=O)N1Cc1cccc(Br)c1. The number of thioether (sulfide) groups is 1. The number of carbonyl (C=O) groups is 2. The number of amides is 2. The van der Waals surface area contributed by atoms with Gasteiger partial charge in [-0.05, 0) is 51.9 Å². The van der Waals surface area contributed by atoms with Gasteiger partial charge in [-0.3, -0.25) is 14.5 Å². The number of halogens is 1. The molecule has 1 aliphatic heterocycles. The molecule has 1 saturated heterocycles. The molecule has 0 aromatic heterocycles. The normalized spacial score (nSPS) is 16.0. The molecule has 0 N–H and O–H groups in total. The van der Waals surface area contributed by atoms with Crippen LogP contribution in [0.1, 0.15) is 11.1 Å². The molecule has 3 nitrogen and oxygen atoms in total. The van der Waals surface area contributed by atoms with Gasteiger partial charge in [-0.1, -0.05) is 70.5 Å². The fraction of sp³-hybridized carbons (Fsp3) is 0.0476. The minimum absolute atomic E-state index is 0.235. The minimum atomic E-state index is -0.243. The van der Waals surface area contributed by atoms with Gasteiger partial charge in [0.25, 0.3) is 11.1 Å². The van der Waals surface area contributed by atoms with E-state index in [0.29, 0.717) is 4.91 Å². The Bertz CT molecular complexity index is 1060. The molecule has 26 heavy (non-hydrogen) atoms. The third kappa shape index (κ3) is 3.32. The van der Waals surface area contributed by atoms with Gasteiger partial charge in [-0.2, -0.15) is 0 Å². The highest BCUT2D eigenvalue weighted by molar-refractivity contribution is 9.10. The van der Waals surface area contributed by atoms with E-state index in [0.717, 1.165) is 38.1 Å². The zero-order valence-electron chi connectivity index (χ0n) is 13.7. The summed E-state index contributed by atoms with van der Waals surface area (Å²) in [5.41, 5.74) is 1.85. The highest BCUT2D eigenvalue weighted by atomic mass is 79.9. The molecule has 0 aliphatic carbocycles. The first-order valence-electron chi connectivity index (χ1n) is 8.09. The molecule has 0 unspecified atom stereocenters. The first kappa shape index (κ1) is 17.1. The van der Waals surface area contributed by atoms with Gasteiger partial charge in [0, 0.05) is 4.47 Å². The van der Waals surface area contributed by atoms with Crippen LogP contribution in [0.2, 0.25) is 0 Å². The molecular weight excluding hydrogens is 410 g/mol. The zero-order chi connectivity index (χ0) is 18.1. The molecule has 1 aliphatic rings. The van der Waals surface area contributed by atoms with E-state index in [-0.39, 0.29) is 17.7 Å². The third-order valence-electron chi connectivity index (χ3n) is 4.21. The van der Waals surface area contributed by atoms with E-state index in [1.165, 1.54) is 4.90 Å². The lowest BCUT2D eigenvalue weighted by Crippen LogP contribution is -2.27. The highest BCUT2D eigenvalue weighted by Crippen LogP contribution is 2.34. The Balaban J connectivity index is 1.65. The van der Waals surface area contributed by atoms with Crippen molar-refractivity contribution in [2.24, 2.45) is 0 Å². The fourth-order valence-corrected chi connectivity index (χ4v) is 4.25. The summed E-state index contributed by atoms with van der Waals surface area (Å²) < 4.78 is 0.924. The van der Waals surface area contributed by atoms with Crippen LogP contribution in [0.3, 0.4) is 0 Å². The molecule has 0 atom stereocenters. The van der Waals surface area contributed by atoms with E-state index in [1.807, 2.05) is 72.8 Å². The van der Waals surface area contributed by atoms with Crippen LogP contribution in [0.25, 0.3) is 16.8 Å². The van der Waals surface area contributed by atoms with Crippen molar-refractivity contribution in [3.63, 3.8) is 0 Å². The molecule has 4 rings (SSSR count). The number of hydrogen-bond donors (Lipinski definition) is 0. The van der Waals surface area contributed by atoms with E-state index in [4.69, 9.17) is 0 Å². The molecule has 0 radical (unpaired) electrons. The molecule has 3 aromatic carbocycles. The average Bonchev–Trinajstić information content (AvgIpc) is 2.90. The van der Waals surface area contributed by atoms with Gasteiger partial charge in [0.1, 0.15) is 0 Å². The Labute approximate surface area is 163 Å². The maximum Gasteiger partial charge on any atom is 0.293 e. The second kappa shape index (κ2) is 7.09. The predicted molar refractivity (Wildman–Crippen MR) is 110 cm³/mol. The predicted octanol–water partition coefficient (Wildman–Crippen LogP) is 5.84. The quantitative estimate of drug-likeness (QED) is 0.496. The second-order valence-electron chi connectivity index (χ2n) is 5.97. The maximum atomic E-state index is 12.7. The number of benzene rings is 3. The Morgan fingerprint density at radius 3 is 2.58 bits per heavy atom. The summed E-state index contributed by atoms with van der Waals surface area (Å²) in [6, 6.07) is 21.6. The van der Waals surface area contributed by atoms with Crippen LogP contribution in [-0.4, -0.2) is 16.0 Å². The molecule has 0 bridgehead atoms. The first-order chi connectivity index (χ1) is 12.6. The van der Waals surface area contributed by atoms with Crippen molar-refractivity contribution in [3.05, 3.63) is 87.2 Å². The lowest BCUT2D eigenvalue weighted by atomic mass is 10.0. The molecular formula is C21H14BrNO2S. The van der Waals surface area contributed by atoms with Crippen LogP contribution < -0.4 is 0 Å². The molecule has 0 saturated carbocycles. The van der Waals surface area contributed by atoms with Crippen LogP contribution in [0.4, 0.5) is 4.79 Å². The maximum absolute atomic E-state index is 12.7. The van der Waals surface area contributed by atoms with Gasteiger partial charge in [0.15, 0.2) is 0 Å². The van der Waals surface area contributed by atoms with Gasteiger partial charge in [0.2, 0.25) is 0 Å². The molecule has 1 heterocycles. The molecule has 1 fully saturated rings. The van der Waals surface area contributed by atoms with Crippen molar-refractivity contribution in [2.75, 3.05) is 0 Å². The van der Waals surface area contributed by atoms with Crippen molar-refractivity contribution in [1.82, 2.24) is 4.90 Å². The van der Waals surface area contributed by atoms with Gasteiger partial charge in [0.05, 0.1) is 11.4 Å². The Morgan fingerprint density at radius 1 is 0.962 bits per heavy atom. The Hall–Kier alpha value is -2.37. The number of carbonyl (C=O) groups excluding carboxylic acids is 2. The van der Waals surface area contributed by atoms with Crippen molar-refractivity contribution < 1.29 is 9.59 Å². The smallest absolute Gasteiger partial charge is 0.268 e. The van der Waals surface area contributed by atoms with Gasteiger partial charge < -0.3 is 0 Å². The summed E-state index contributed by atoms with van der Waals surface area (Å²) in [6.07, 6.45) is 1.81. The topological polar surface area (TPSA) is 37.4 Å². The molecule has 2 amide bonds. The van der Waals surface area contributed by atoms with Crippen LogP contribution >= 0.6 is 27.7 Å². The van der Waals surface area contributed by atoms with Crippen LogP contribution in [0, 0.1) is 0 Å². The van der Waals surface area contributed by atoms with Crippen LogP contribution in [0.5, 0.6) is 0 Å². The molecule has 3 aromatic rings. The Morgan fingerprint density at radius 2 is 1.73 bits per heavy atom. The average molecular weight is 424 g/mol. The summed E-state index contributed by atoms with van der Waals surface area (Å²) in [6.45, 7) is 0.275. The van der Waals surface area contributed by atoms with E-state index in [1.54, 1.807) is 0 Å². The second-order valence-corrected chi connectivity index (χ2v) is 7.88. The van der Waals surface area contributed by atoms with Gasteiger partial charge >= 0.3 is 0 Å². The number of fused-ring (bicyclic) bond motifs is 1. The fourth-order valence-electron chi connectivity index (χ4n) is 2.97. The number of imide groups is 1. The van der Waals surface area contributed by atoms with Crippen molar-refractivity contribution in [3.8, 4) is 0 Å². The van der Waals surface area contributed by atoms with Gasteiger partial charge in [-0.25, -0.2) is 0 Å². The van der Waals surface area contributed by atoms with E-state index in [9.17, 15) is 9.59 Å². The van der Waals surface area contributed by atoms with Crippen LogP contribution in [-0.2, 0) is 11.3 Å². The van der Waals surface area contributed by atoms with E-state index >= 15 is 0 Å². The number of nitrogens with zero attached hydrogens (tertiary/aromatic N) is 1. The lowest BCUT2D eigenvalue weighted by Gasteiger charge is -2.12. The summed E-state index contributed by atoms with van der Waals surface area (Å²) in [5.74, 6) is -0.243. The third-order valence-corrected chi connectivity index (χ3v) is 5.61. The van der Waals surface area contributed by atoms with Gasteiger partial charge in [-0.15, -0.1) is 0 Å². The standard InChI is InChI=1S/C21H14BrNO2S/c22-17-9-3-5-14(11-17)13-23-20(24)19(26-21(23)25)12-16-8-4-7-15-6-1-2-10-18(15)16/h1-12H,13H2. The summed E-state index contributed by atoms with van der Waals surface area (Å²) >= 11 is 4.41. The van der Waals surface area contributed by atoms with Crippen molar-refractivity contribution in [2.45, 2.75) is 6.54 Å². The van der Waals surface area contributed by atoms with Crippen molar-refractivity contribution in [1.29, 1.82) is 0 Å². The van der Waals surface area contributed by atoms with Crippen LogP contribution in [0.15, 0.2) is 76.1 Å². The monoisotopic (exact) mass is 423 g/mol. The first-order valence-corrected chi connectivity index (χ1v) is 9.70. The molecule has 128 valence electrons. The largest absolute Gasteiger partial charge is 0.293 e.